The molecular formula is C60H95N9O12. The van der Waals surface area contributed by atoms with E-state index in [-0.39, 0.29) is 103 Å². The van der Waals surface area contributed by atoms with Gasteiger partial charge in [0.05, 0.1) is 49.3 Å². The largest absolute Gasteiger partial charge is 0.379 e. The Balaban J connectivity index is 1.17. The van der Waals surface area contributed by atoms with E-state index in [0.29, 0.717) is 77.9 Å². The van der Waals surface area contributed by atoms with Gasteiger partial charge >= 0.3 is 0 Å². The summed E-state index contributed by atoms with van der Waals surface area (Å²) < 4.78 is 12.2. The number of ether oxygens (including phenoxy) is 2. The average Bonchev–Trinajstić information content (AvgIpc) is 4.07. The number of carbonyl (C=O) groups excluding carboxylic acids is 9. The fourth-order valence-corrected chi connectivity index (χ4v) is 12.0. The molecule has 1 aromatic carbocycles. The predicted molar refractivity (Wildman–Crippen MR) is 305 cm³/mol. The SMILES string of the molecule is CC[C@H](C)[C@@H]([C@@H](CC(=O)N1CCC[C@H]1[C@H](OC)[C@@H](C)C(=O)N[C@@]1(C(=O)N2CCCCO2)C[C@@H]1c1ccccc1)OC)N(C)C(=O)[C@@H](NC(=O)[C@H](C(C)C)N(C)CCCC(=O)N(C)CCN(C)C(=O)CCCN1C(=O)C=CC1=O)C(C)C. The van der Waals surface area contributed by atoms with Gasteiger partial charge in [-0.05, 0) is 81.9 Å². The minimum absolute atomic E-state index is 0.0517. The number of hydroxylamine groups is 2. The van der Waals surface area contributed by atoms with E-state index in [9.17, 15) is 43.2 Å². The summed E-state index contributed by atoms with van der Waals surface area (Å²) in [7, 11) is 9.95. The Kier molecular flexibility index (Phi) is 24.9. The molecule has 0 bridgehead atoms. The fraction of sp³-hybridized carbons (Fsp3) is 0.717. The molecule has 1 aromatic rings. The van der Waals surface area contributed by atoms with Gasteiger partial charge in [0.1, 0.15) is 11.6 Å². The highest BCUT2D eigenvalue weighted by Crippen LogP contribution is 2.53. The van der Waals surface area contributed by atoms with Crippen LogP contribution in [0.3, 0.4) is 0 Å². The molecule has 10 atom stereocenters. The van der Waals surface area contributed by atoms with Crippen molar-refractivity contribution in [2.45, 2.75) is 167 Å². The Morgan fingerprint density at radius 1 is 0.778 bits per heavy atom. The van der Waals surface area contributed by atoms with Gasteiger partial charge in [0.25, 0.3) is 17.7 Å². The van der Waals surface area contributed by atoms with Gasteiger partial charge in [-0.25, -0.2) is 5.06 Å². The van der Waals surface area contributed by atoms with Crippen molar-refractivity contribution in [2.75, 3.05) is 88.3 Å². The smallest absolute Gasteiger partial charge is 0.272 e. The topological polar surface area (TPSA) is 228 Å². The molecule has 1 saturated carbocycles. The standard InChI is InChI=1S/C60H95N9O12/c1-14-41(6)54(46(79-12)37-51(74)67-31-20-25-45(67)55(80-13)42(7)56(75)62-60(59(78)69-33-18-19-36-81-69)38-44(60)43-23-16-15-17-24-43)66(11)58(77)52(39(2)3)61-57(76)53(40(4)5)65(10)30-21-26-47(70)63(8)34-35-64(9)48(71)27-22-32-68-49(72)28-29-50(68)73/h15-17,23-24,28-29,39-42,44-46,52-55H,14,18-22,25-27,30-38H2,1-13H3,(H,61,76)(H,62,75)/t41-,42+,44+,45-,46+,52-,53-,54-,55+,60-/m0/s1. The van der Waals surface area contributed by atoms with Crippen molar-refractivity contribution in [3.05, 3.63) is 48.0 Å². The normalized spacial score (nSPS) is 21.6. The second-order valence-corrected chi connectivity index (χ2v) is 23.6. The zero-order chi connectivity index (χ0) is 59.9. The van der Waals surface area contributed by atoms with Crippen molar-refractivity contribution >= 4 is 53.2 Å². The highest BCUT2D eigenvalue weighted by Gasteiger charge is 2.64. The number of likely N-dealkylation sites (N-methyl/N-ethyl adjacent to an activating group) is 4. The maximum atomic E-state index is 14.8. The molecule has 3 fully saturated rings. The maximum Gasteiger partial charge on any atom is 0.272 e. The molecule has 81 heavy (non-hydrogen) atoms. The number of rotatable bonds is 31. The third kappa shape index (κ3) is 16.7. The van der Waals surface area contributed by atoms with Crippen LogP contribution >= 0.6 is 0 Å². The Morgan fingerprint density at radius 3 is 1.96 bits per heavy atom. The number of hydrogen-bond donors (Lipinski definition) is 2. The molecule has 3 aliphatic heterocycles. The molecule has 0 aromatic heterocycles. The molecule has 21 heteroatoms. The van der Waals surface area contributed by atoms with E-state index < -0.39 is 47.8 Å². The monoisotopic (exact) mass is 1130 g/mol. The lowest BCUT2D eigenvalue weighted by atomic mass is 9.89. The van der Waals surface area contributed by atoms with Crippen molar-refractivity contribution < 1.29 is 57.5 Å². The third-order valence-electron chi connectivity index (χ3n) is 17.2. The van der Waals surface area contributed by atoms with Crippen molar-refractivity contribution in [1.82, 2.24) is 45.1 Å². The van der Waals surface area contributed by atoms with E-state index in [1.54, 1.807) is 49.9 Å². The molecule has 452 valence electrons. The molecule has 5 rings (SSSR count). The van der Waals surface area contributed by atoms with Crippen molar-refractivity contribution in [3.63, 3.8) is 0 Å². The second-order valence-electron chi connectivity index (χ2n) is 23.6. The van der Waals surface area contributed by atoms with Gasteiger partial charge in [0.2, 0.25) is 35.4 Å². The van der Waals surface area contributed by atoms with Gasteiger partial charge < -0.3 is 39.7 Å². The van der Waals surface area contributed by atoms with Crippen LogP contribution in [0.15, 0.2) is 42.5 Å². The first-order valence-corrected chi connectivity index (χ1v) is 29.4. The van der Waals surface area contributed by atoms with Crippen LogP contribution in [0.25, 0.3) is 0 Å². The quantitative estimate of drug-likeness (QED) is 0.100. The number of nitrogens with zero attached hydrogens (tertiary/aromatic N) is 7. The highest BCUT2D eigenvalue weighted by molar-refractivity contribution is 6.12. The minimum Gasteiger partial charge on any atom is -0.379 e. The molecule has 2 N–H and O–H groups in total. The molecule has 2 saturated heterocycles. The van der Waals surface area contributed by atoms with E-state index in [4.69, 9.17) is 14.3 Å². The van der Waals surface area contributed by atoms with Crippen LogP contribution in [0.4, 0.5) is 0 Å². The maximum absolute atomic E-state index is 14.8. The lowest BCUT2D eigenvalue weighted by Crippen LogP contribution is -2.60. The van der Waals surface area contributed by atoms with E-state index >= 15 is 0 Å². The minimum atomic E-state index is -1.17. The second kappa shape index (κ2) is 30.5. The Bertz CT molecular complexity index is 2350. The molecule has 21 nitrogen and oxygen atoms in total. The van der Waals surface area contributed by atoms with Crippen LogP contribution in [0.5, 0.6) is 0 Å². The van der Waals surface area contributed by atoms with Gasteiger partial charge in [-0.2, -0.15) is 0 Å². The summed E-state index contributed by atoms with van der Waals surface area (Å²) in [5, 5.41) is 7.65. The van der Waals surface area contributed by atoms with Crippen LogP contribution in [0.1, 0.15) is 131 Å². The van der Waals surface area contributed by atoms with Crippen LogP contribution in [-0.4, -0.2) is 218 Å². The fourth-order valence-electron chi connectivity index (χ4n) is 12.0. The number of amides is 9. The van der Waals surface area contributed by atoms with Crippen LogP contribution in [0.2, 0.25) is 0 Å². The van der Waals surface area contributed by atoms with Gasteiger partial charge in [-0.3, -0.25) is 57.8 Å². The summed E-state index contributed by atoms with van der Waals surface area (Å²) in [6.45, 7) is 16.0. The molecular weight excluding hydrogens is 1040 g/mol. The number of hydrogen-bond acceptors (Lipinski definition) is 13. The molecule has 0 unspecified atom stereocenters. The van der Waals surface area contributed by atoms with Gasteiger partial charge in [-0.1, -0.05) is 85.2 Å². The Hall–Kier alpha value is -5.77. The van der Waals surface area contributed by atoms with Crippen molar-refractivity contribution in [2.24, 2.45) is 23.7 Å². The van der Waals surface area contributed by atoms with E-state index in [1.807, 2.05) is 83.8 Å². The zero-order valence-corrected chi connectivity index (χ0v) is 50.6. The highest BCUT2D eigenvalue weighted by atomic mass is 16.7. The number of nitrogens with one attached hydrogen (secondary N) is 2. The van der Waals surface area contributed by atoms with E-state index in [0.717, 1.165) is 23.3 Å². The van der Waals surface area contributed by atoms with E-state index in [2.05, 4.69) is 10.6 Å². The average molecular weight is 1130 g/mol. The van der Waals surface area contributed by atoms with Gasteiger partial charge in [-0.15, -0.1) is 0 Å². The first kappa shape index (κ1) is 66.0. The summed E-state index contributed by atoms with van der Waals surface area (Å²) in [5.74, 6) is -4.02. The number of methoxy groups -OCH3 is 2. The summed E-state index contributed by atoms with van der Waals surface area (Å²) in [5.41, 5.74) is -0.216. The number of carbonyl (C=O) groups is 9. The molecule has 0 radical (unpaired) electrons. The van der Waals surface area contributed by atoms with Gasteiger partial charge in [0.15, 0.2) is 0 Å². The first-order valence-electron chi connectivity index (χ1n) is 29.4. The van der Waals surface area contributed by atoms with E-state index in [1.165, 1.54) is 29.2 Å². The van der Waals surface area contributed by atoms with Crippen LogP contribution in [-0.2, 0) is 57.5 Å². The molecule has 0 spiro atoms. The van der Waals surface area contributed by atoms with Crippen molar-refractivity contribution in [3.8, 4) is 0 Å². The lowest BCUT2D eigenvalue weighted by Gasteiger charge is -2.41. The summed E-state index contributed by atoms with van der Waals surface area (Å²) in [6, 6.07) is 7.15. The molecule has 1 aliphatic carbocycles. The predicted octanol–water partition coefficient (Wildman–Crippen LogP) is 4.00. The lowest BCUT2D eigenvalue weighted by molar-refractivity contribution is -0.200. The van der Waals surface area contributed by atoms with Crippen LogP contribution in [0, 0.1) is 23.7 Å². The third-order valence-corrected chi connectivity index (χ3v) is 17.2. The summed E-state index contributed by atoms with van der Waals surface area (Å²) in [4.78, 5) is 137. The number of benzene rings is 1. The molecule has 9 amide bonds. The summed E-state index contributed by atoms with van der Waals surface area (Å²) >= 11 is 0. The number of likely N-dealkylation sites (tertiary alicyclic amines) is 1. The van der Waals surface area contributed by atoms with Gasteiger partial charge in [0, 0.05) is 99.0 Å². The zero-order valence-electron chi connectivity index (χ0n) is 50.6. The number of imide groups is 1. The van der Waals surface area contributed by atoms with Crippen LogP contribution < -0.4 is 10.6 Å². The molecule has 4 aliphatic rings. The Labute approximate surface area is 481 Å². The first-order chi connectivity index (χ1) is 38.4. The summed E-state index contributed by atoms with van der Waals surface area (Å²) in [6.07, 6.45) is 6.19. The Morgan fingerprint density at radius 2 is 1.41 bits per heavy atom. The van der Waals surface area contributed by atoms with Crippen molar-refractivity contribution in [1.29, 1.82) is 0 Å². The molecule has 3 heterocycles.